The first-order valence-corrected chi connectivity index (χ1v) is 8.02. The van der Waals surface area contributed by atoms with Gasteiger partial charge in [0.1, 0.15) is 11.2 Å². The smallest absolute Gasteiger partial charge is 0.328 e. The lowest BCUT2D eigenvalue weighted by atomic mass is 9.69. The van der Waals surface area contributed by atoms with E-state index in [1.807, 2.05) is 6.92 Å². The van der Waals surface area contributed by atoms with Gasteiger partial charge in [0.05, 0.1) is 6.42 Å². The van der Waals surface area contributed by atoms with Crippen molar-refractivity contribution in [1.29, 1.82) is 0 Å². The van der Waals surface area contributed by atoms with Gasteiger partial charge in [-0.2, -0.15) is 0 Å². The second-order valence-corrected chi connectivity index (χ2v) is 6.11. The van der Waals surface area contributed by atoms with E-state index in [0.29, 0.717) is 17.9 Å². The molecule has 0 spiro atoms. The van der Waals surface area contributed by atoms with Gasteiger partial charge >= 0.3 is 12.0 Å². The molecule has 0 bridgehead atoms. The largest absolute Gasteiger partial charge is 0.427 e. The molecular weight excluding hydrogens is 326 g/mol. The van der Waals surface area contributed by atoms with E-state index in [0.717, 1.165) is 0 Å². The van der Waals surface area contributed by atoms with Crippen LogP contribution < -0.4 is 21.1 Å². The zero-order valence-corrected chi connectivity index (χ0v) is 14.1. The van der Waals surface area contributed by atoms with Gasteiger partial charge in [0.25, 0.3) is 0 Å². The highest BCUT2D eigenvalue weighted by Crippen LogP contribution is 2.37. The number of nitrogen functional groups attached to an aromatic ring is 1. The monoisotopic (exact) mass is 347 g/mol. The Balaban J connectivity index is 2.14. The summed E-state index contributed by atoms with van der Waals surface area (Å²) in [5.41, 5.74) is 4.63. The Morgan fingerprint density at radius 1 is 1.16 bits per heavy atom. The molecule has 1 aliphatic rings. The Bertz CT molecular complexity index is 679. The third-order valence-corrected chi connectivity index (χ3v) is 4.33. The molecule has 1 aromatic carbocycles. The van der Waals surface area contributed by atoms with E-state index in [1.54, 1.807) is 31.2 Å². The van der Waals surface area contributed by atoms with Crippen molar-refractivity contribution in [2.75, 3.05) is 5.73 Å². The highest BCUT2D eigenvalue weighted by molar-refractivity contribution is 6.19. The Hall–Kier alpha value is -2.90. The maximum Gasteiger partial charge on any atom is 0.328 e. The van der Waals surface area contributed by atoms with Gasteiger partial charge in [0.2, 0.25) is 11.8 Å². The number of barbiturate groups is 1. The summed E-state index contributed by atoms with van der Waals surface area (Å²) in [6.45, 7) is 3.44. The van der Waals surface area contributed by atoms with E-state index in [9.17, 15) is 19.2 Å². The highest BCUT2D eigenvalue weighted by Gasteiger charge is 2.53. The Morgan fingerprint density at radius 2 is 1.72 bits per heavy atom. The van der Waals surface area contributed by atoms with Crippen molar-refractivity contribution in [3.05, 3.63) is 24.3 Å². The molecule has 4 N–H and O–H groups in total. The predicted octanol–water partition coefficient (Wildman–Crippen LogP) is 1.35. The fraction of sp³-hybridized carbons (Fsp3) is 0.412. The van der Waals surface area contributed by atoms with Crippen molar-refractivity contribution in [2.45, 2.75) is 33.1 Å². The number of carbonyl (C=O) groups is 4. The third-order valence-electron chi connectivity index (χ3n) is 4.33. The molecule has 134 valence electrons. The van der Waals surface area contributed by atoms with Crippen molar-refractivity contribution >= 4 is 29.5 Å². The van der Waals surface area contributed by atoms with Crippen LogP contribution in [0.1, 0.15) is 33.1 Å². The minimum Gasteiger partial charge on any atom is -0.427 e. The molecule has 2 rings (SSSR count). The first-order chi connectivity index (χ1) is 11.8. The number of ether oxygens (including phenoxy) is 1. The number of hydrogen-bond acceptors (Lipinski definition) is 6. The lowest BCUT2D eigenvalue weighted by molar-refractivity contribution is -0.150. The number of hydrogen-bond donors (Lipinski definition) is 3. The molecule has 1 atom stereocenters. The van der Waals surface area contributed by atoms with Crippen LogP contribution in [0.4, 0.5) is 10.5 Å². The maximum atomic E-state index is 12.4. The van der Waals surface area contributed by atoms with E-state index in [-0.39, 0.29) is 12.8 Å². The number of nitrogens with two attached hydrogens (primary N) is 1. The average molecular weight is 347 g/mol. The van der Waals surface area contributed by atoms with Gasteiger partial charge in [0.15, 0.2) is 0 Å². The van der Waals surface area contributed by atoms with Crippen LogP contribution in [0.15, 0.2) is 24.3 Å². The Morgan fingerprint density at radius 3 is 2.24 bits per heavy atom. The maximum absolute atomic E-state index is 12.4. The molecule has 0 aliphatic carbocycles. The SMILES string of the molecule is CCCC1(C(C)CC(=O)Oc2ccc(N)cc2)C(=O)NC(=O)NC1=O. The molecule has 1 heterocycles. The van der Waals surface area contributed by atoms with Crippen LogP contribution in [0.25, 0.3) is 0 Å². The molecule has 8 heteroatoms. The Kier molecular flexibility index (Phi) is 5.41. The summed E-state index contributed by atoms with van der Waals surface area (Å²) in [6.07, 6.45) is 0.597. The molecule has 8 nitrogen and oxygen atoms in total. The quantitative estimate of drug-likeness (QED) is 0.308. The first-order valence-electron chi connectivity index (χ1n) is 8.02. The standard InChI is InChI=1S/C17H21N3O5/c1-3-8-17(14(22)19-16(24)20-15(17)23)10(2)9-13(21)25-12-6-4-11(18)5-7-12/h4-7,10H,3,8-9,18H2,1-2H3,(H2,19,20,22,23,24). The van der Waals surface area contributed by atoms with E-state index in [2.05, 4.69) is 10.6 Å². The molecule has 1 aliphatic heterocycles. The van der Waals surface area contributed by atoms with Crippen LogP contribution in [-0.2, 0) is 14.4 Å². The topological polar surface area (TPSA) is 128 Å². The zero-order chi connectivity index (χ0) is 18.6. The lowest BCUT2D eigenvalue weighted by Crippen LogP contribution is -2.64. The summed E-state index contributed by atoms with van der Waals surface area (Å²) < 4.78 is 5.22. The molecule has 0 radical (unpaired) electrons. The van der Waals surface area contributed by atoms with Gasteiger partial charge in [-0.3, -0.25) is 25.0 Å². The van der Waals surface area contributed by atoms with Gasteiger partial charge in [-0.25, -0.2) is 4.79 Å². The van der Waals surface area contributed by atoms with Gasteiger partial charge in [-0.05, 0) is 36.6 Å². The van der Waals surface area contributed by atoms with Crippen LogP contribution in [0, 0.1) is 11.3 Å². The Labute approximate surface area is 145 Å². The van der Waals surface area contributed by atoms with Gasteiger partial charge in [0, 0.05) is 5.69 Å². The van der Waals surface area contributed by atoms with Gasteiger partial charge in [-0.1, -0.05) is 20.3 Å². The van der Waals surface area contributed by atoms with E-state index in [4.69, 9.17) is 10.5 Å². The molecule has 1 saturated heterocycles. The van der Waals surface area contributed by atoms with Gasteiger partial charge in [-0.15, -0.1) is 0 Å². The number of carbonyl (C=O) groups excluding carboxylic acids is 4. The van der Waals surface area contributed by atoms with Crippen molar-refractivity contribution < 1.29 is 23.9 Å². The lowest BCUT2D eigenvalue weighted by Gasteiger charge is -2.38. The fourth-order valence-electron chi connectivity index (χ4n) is 3.01. The molecule has 1 aromatic rings. The summed E-state index contributed by atoms with van der Waals surface area (Å²) in [5.74, 6) is -2.28. The summed E-state index contributed by atoms with van der Waals surface area (Å²) in [5, 5.41) is 4.24. The molecule has 0 saturated carbocycles. The van der Waals surface area contributed by atoms with Crippen molar-refractivity contribution in [1.82, 2.24) is 10.6 Å². The van der Waals surface area contributed by atoms with Crippen molar-refractivity contribution in [2.24, 2.45) is 11.3 Å². The average Bonchev–Trinajstić information content (AvgIpc) is 2.53. The predicted molar refractivity (Wildman–Crippen MR) is 89.3 cm³/mol. The second-order valence-electron chi connectivity index (χ2n) is 6.11. The summed E-state index contributed by atoms with van der Waals surface area (Å²) in [4.78, 5) is 48.3. The third kappa shape index (κ3) is 3.78. The van der Waals surface area contributed by atoms with E-state index >= 15 is 0 Å². The number of rotatable bonds is 6. The molecule has 1 fully saturated rings. The number of amides is 4. The second kappa shape index (κ2) is 7.33. The van der Waals surface area contributed by atoms with Crippen LogP contribution in [0.3, 0.4) is 0 Å². The molecule has 4 amide bonds. The van der Waals surface area contributed by atoms with Crippen LogP contribution >= 0.6 is 0 Å². The minimum absolute atomic E-state index is 0.153. The first kappa shape index (κ1) is 18.4. The number of urea groups is 1. The summed E-state index contributed by atoms with van der Waals surface area (Å²) >= 11 is 0. The number of esters is 1. The van der Waals surface area contributed by atoms with E-state index in [1.165, 1.54) is 0 Å². The normalized spacial score (nSPS) is 17.4. The minimum atomic E-state index is -1.48. The van der Waals surface area contributed by atoms with Crippen LogP contribution in [0.2, 0.25) is 0 Å². The van der Waals surface area contributed by atoms with Crippen LogP contribution in [-0.4, -0.2) is 23.8 Å². The number of anilines is 1. The summed E-state index contributed by atoms with van der Waals surface area (Å²) in [7, 11) is 0. The number of benzene rings is 1. The molecule has 0 aromatic heterocycles. The summed E-state index contributed by atoms with van der Waals surface area (Å²) in [6, 6.07) is 5.45. The highest BCUT2D eigenvalue weighted by atomic mass is 16.5. The molecule has 25 heavy (non-hydrogen) atoms. The molecular formula is C17H21N3O5. The van der Waals surface area contributed by atoms with Crippen molar-refractivity contribution in [3.8, 4) is 5.75 Å². The molecule has 1 unspecified atom stereocenters. The van der Waals surface area contributed by atoms with Crippen molar-refractivity contribution in [3.63, 3.8) is 0 Å². The van der Waals surface area contributed by atoms with Crippen LogP contribution in [0.5, 0.6) is 5.75 Å². The fourth-order valence-corrected chi connectivity index (χ4v) is 3.01. The zero-order valence-electron chi connectivity index (χ0n) is 14.1. The number of nitrogens with one attached hydrogen (secondary N) is 2. The van der Waals surface area contributed by atoms with Gasteiger partial charge < -0.3 is 10.5 Å². The van der Waals surface area contributed by atoms with E-state index < -0.39 is 35.1 Å². The number of imide groups is 2.